The molecule has 1 unspecified atom stereocenters. The van der Waals surface area contributed by atoms with Crippen LogP contribution in [-0.4, -0.2) is 34.2 Å². The van der Waals surface area contributed by atoms with Gasteiger partial charge in [0.2, 0.25) is 6.79 Å². The van der Waals surface area contributed by atoms with E-state index in [0.717, 1.165) is 5.56 Å². The number of hydrogen-bond donors (Lipinski definition) is 0. The summed E-state index contributed by atoms with van der Waals surface area (Å²) in [5.41, 5.74) is 2.63. The van der Waals surface area contributed by atoms with Crippen LogP contribution in [0.4, 0.5) is 0 Å². The lowest BCUT2D eigenvalue weighted by molar-refractivity contribution is 0.0734. The molecule has 3 aromatic carbocycles. The molecule has 0 bridgehead atoms. The van der Waals surface area contributed by atoms with Crippen LogP contribution in [0, 0.1) is 6.92 Å². The SMILES string of the molecule is Cc1cccc(-n2c(C(C)N(C)C(=O)c3ccc4c(c3)OCO4)nc3ccccc3c2=O)c1. The maximum absolute atomic E-state index is 13.5. The van der Waals surface area contributed by atoms with Crippen molar-refractivity contribution in [3.63, 3.8) is 0 Å². The summed E-state index contributed by atoms with van der Waals surface area (Å²) in [5, 5.41) is 0.528. The summed E-state index contributed by atoms with van der Waals surface area (Å²) in [6.07, 6.45) is 0. The zero-order chi connectivity index (χ0) is 23.1. The van der Waals surface area contributed by atoms with Crippen LogP contribution in [0.2, 0.25) is 0 Å². The average molecular weight is 441 g/mol. The van der Waals surface area contributed by atoms with Crippen molar-refractivity contribution in [2.45, 2.75) is 19.9 Å². The molecule has 1 amide bonds. The predicted molar refractivity (Wildman–Crippen MR) is 125 cm³/mol. The van der Waals surface area contributed by atoms with Gasteiger partial charge < -0.3 is 14.4 Å². The van der Waals surface area contributed by atoms with Crippen molar-refractivity contribution in [1.82, 2.24) is 14.5 Å². The van der Waals surface area contributed by atoms with E-state index >= 15 is 0 Å². The van der Waals surface area contributed by atoms with Crippen LogP contribution in [0.5, 0.6) is 11.5 Å². The molecule has 0 saturated carbocycles. The molecule has 0 aliphatic carbocycles. The highest BCUT2D eigenvalue weighted by Gasteiger charge is 2.26. The maximum atomic E-state index is 13.5. The van der Waals surface area contributed by atoms with Gasteiger partial charge in [0.05, 0.1) is 22.6 Å². The topological polar surface area (TPSA) is 73.7 Å². The highest BCUT2D eigenvalue weighted by molar-refractivity contribution is 5.95. The van der Waals surface area contributed by atoms with Gasteiger partial charge in [-0.05, 0) is 61.9 Å². The van der Waals surface area contributed by atoms with Gasteiger partial charge in [-0.15, -0.1) is 0 Å². The van der Waals surface area contributed by atoms with E-state index in [1.54, 1.807) is 40.8 Å². The maximum Gasteiger partial charge on any atom is 0.266 e. The monoisotopic (exact) mass is 441 g/mol. The van der Waals surface area contributed by atoms with Gasteiger partial charge in [0.15, 0.2) is 11.5 Å². The fourth-order valence-electron chi connectivity index (χ4n) is 4.03. The van der Waals surface area contributed by atoms with Crippen molar-refractivity contribution in [3.8, 4) is 17.2 Å². The fraction of sp³-hybridized carbons (Fsp3) is 0.192. The number of carbonyl (C=O) groups excluding carboxylic acids is 1. The molecule has 5 rings (SSSR count). The van der Waals surface area contributed by atoms with Crippen molar-refractivity contribution in [2.75, 3.05) is 13.8 Å². The fourth-order valence-corrected chi connectivity index (χ4v) is 4.03. The first kappa shape index (κ1) is 20.8. The van der Waals surface area contributed by atoms with Crippen LogP contribution in [0.15, 0.2) is 71.5 Å². The normalized spacial score (nSPS) is 13.2. The van der Waals surface area contributed by atoms with Crippen LogP contribution >= 0.6 is 0 Å². The van der Waals surface area contributed by atoms with Crippen LogP contribution in [0.3, 0.4) is 0 Å². The molecule has 1 aliphatic rings. The molecule has 2 heterocycles. The number of carbonyl (C=O) groups is 1. The second-order valence-electron chi connectivity index (χ2n) is 8.13. The molecular weight excluding hydrogens is 418 g/mol. The second kappa shape index (κ2) is 8.09. The summed E-state index contributed by atoms with van der Waals surface area (Å²) >= 11 is 0. The first-order valence-electron chi connectivity index (χ1n) is 10.7. The molecule has 7 nitrogen and oxygen atoms in total. The zero-order valence-corrected chi connectivity index (χ0v) is 18.6. The number of aromatic nitrogens is 2. The number of amides is 1. The average Bonchev–Trinajstić information content (AvgIpc) is 3.30. The summed E-state index contributed by atoms with van der Waals surface area (Å²) in [6.45, 7) is 3.98. The molecule has 0 spiro atoms. The van der Waals surface area contributed by atoms with Crippen molar-refractivity contribution >= 4 is 16.8 Å². The lowest BCUT2D eigenvalue weighted by atomic mass is 10.1. The van der Waals surface area contributed by atoms with Crippen molar-refractivity contribution in [1.29, 1.82) is 0 Å². The minimum absolute atomic E-state index is 0.142. The molecular formula is C26H23N3O4. The van der Waals surface area contributed by atoms with Crippen molar-refractivity contribution < 1.29 is 14.3 Å². The highest BCUT2D eigenvalue weighted by Crippen LogP contribution is 2.33. The Hall–Kier alpha value is -4.13. The first-order valence-corrected chi connectivity index (χ1v) is 10.7. The Morgan fingerprint density at radius 1 is 1.03 bits per heavy atom. The Labute approximate surface area is 190 Å². The van der Waals surface area contributed by atoms with E-state index in [1.165, 1.54) is 0 Å². The van der Waals surface area contributed by atoms with E-state index in [-0.39, 0.29) is 18.3 Å². The van der Waals surface area contributed by atoms with Gasteiger partial charge >= 0.3 is 0 Å². The number of hydrogen-bond acceptors (Lipinski definition) is 5. The molecule has 7 heteroatoms. The molecule has 4 aromatic rings. The van der Waals surface area contributed by atoms with Crippen LogP contribution in [0.1, 0.15) is 34.7 Å². The van der Waals surface area contributed by atoms with E-state index in [0.29, 0.717) is 39.5 Å². The molecule has 0 saturated heterocycles. The Morgan fingerprint density at radius 3 is 2.64 bits per heavy atom. The summed E-state index contributed by atoms with van der Waals surface area (Å²) < 4.78 is 12.4. The number of nitrogens with zero attached hydrogens (tertiary/aromatic N) is 3. The lowest BCUT2D eigenvalue weighted by Crippen LogP contribution is -2.34. The highest BCUT2D eigenvalue weighted by atomic mass is 16.7. The number of para-hydroxylation sites is 1. The number of ether oxygens (including phenoxy) is 2. The van der Waals surface area contributed by atoms with Crippen LogP contribution < -0.4 is 15.0 Å². The molecule has 0 fully saturated rings. The second-order valence-corrected chi connectivity index (χ2v) is 8.13. The third-order valence-corrected chi connectivity index (χ3v) is 5.96. The molecule has 166 valence electrons. The van der Waals surface area contributed by atoms with E-state index < -0.39 is 6.04 Å². The van der Waals surface area contributed by atoms with E-state index in [2.05, 4.69) is 0 Å². The summed E-state index contributed by atoms with van der Waals surface area (Å²) in [4.78, 5) is 33.3. The number of rotatable bonds is 4. The number of fused-ring (bicyclic) bond motifs is 2. The lowest BCUT2D eigenvalue weighted by Gasteiger charge is -2.27. The Balaban J connectivity index is 1.61. The van der Waals surface area contributed by atoms with Gasteiger partial charge in [-0.2, -0.15) is 0 Å². The summed E-state index contributed by atoms with van der Waals surface area (Å²) in [5.74, 6) is 1.44. The van der Waals surface area contributed by atoms with Crippen molar-refractivity contribution in [3.05, 3.63) is 94.0 Å². The quantitative estimate of drug-likeness (QED) is 0.473. The van der Waals surface area contributed by atoms with Crippen molar-refractivity contribution in [2.24, 2.45) is 0 Å². The minimum Gasteiger partial charge on any atom is -0.454 e. The standard InChI is InChI=1S/C26H23N3O4/c1-16-7-6-8-19(13-16)29-24(27-21-10-5-4-9-20(21)26(29)31)17(2)28(3)25(30)18-11-12-22-23(14-18)33-15-32-22/h4-14,17H,15H2,1-3H3. The van der Waals surface area contributed by atoms with Gasteiger partial charge in [-0.25, -0.2) is 4.98 Å². The molecule has 33 heavy (non-hydrogen) atoms. The Bertz CT molecular complexity index is 1440. The molecule has 1 atom stereocenters. The minimum atomic E-state index is -0.485. The van der Waals surface area contributed by atoms with E-state index in [4.69, 9.17) is 14.5 Å². The van der Waals surface area contributed by atoms with Crippen LogP contribution in [0.25, 0.3) is 16.6 Å². The summed E-state index contributed by atoms with van der Waals surface area (Å²) in [6, 6.07) is 19.6. The Morgan fingerprint density at radius 2 is 1.82 bits per heavy atom. The smallest absolute Gasteiger partial charge is 0.266 e. The number of aryl methyl sites for hydroxylation is 1. The third kappa shape index (κ3) is 3.61. The van der Waals surface area contributed by atoms with Gasteiger partial charge in [-0.3, -0.25) is 14.2 Å². The van der Waals surface area contributed by atoms with Gasteiger partial charge in [0, 0.05) is 12.6 Å². The first-order chi connectivity index (χ1) is 15.9. The van der Waals surface area contributed by atoms with E-state index in [1.807, 2.05) is 56.3 Å². The van der Waals surface area contributed by atoms with Gasteiger partial charge in [-0.1, -0.05) is 24.3 Å². The largest absolute Gasteiger partial charge is 0.454 e. The molecule has 1 aliphatic heterocycles. The molecule has 1 aromatic heterocycles. The van der Waals surface area contributed by atoms with Crippen LogP contribution in [-0.2, 0) is 0 Å². The Kier molecular flexibility index (Phi) is 5.09. The number of benzene rings is 3. The third-order valence-electron chi connectivity index (χ3n) is 5.96. The van der Waals surface area contributed by atoms with E-state index in [9.17, 15) is 9.59 Å². The molecule has 0 N–H and O–H groups in total. The molecule has 0 radical (unpaired) electrons. The van der Waals surface area contributed by atoms with Gasteiger partial charge in [0.1, 0.15) is 5.82 Å². The predicted octanol–water partition coefficient (Wildman–Crippen LogP) is 4.26. The summed E-state index contributed by atoms with van der Waals surface area (Å²) in [7, 11) is 1.71. The zero-order valence-electron chi connectivity index (χ0n) is 18.6. The van der Waals surface area contributed by atoms with Gasteiger partial charge in [0.25, 0.3) is 11.5 Å².